The Morgan fingerprint density at radius 2 is 2.14 bits per heavy atom. The molecule has 0 aliphatic heterocycles. The number of aromatic nitrogens is 4. The van der Waals surface area contributed by atoms with E-state index in [2.05, 4.69) is 25.8 Å². The molecule has 0 unspecified atom stereocenters. The van der Waals surface area contributed by atoms with Crippen LogP contribution in [0.15, 0.2) is 47.5 Å². The molecule has 0 atom stereocenters. The standard InChI is InChI=1S/C19H22N6O3/c26-19(21-8-1-10-25-11-9-20-13-25)22-15-4-6-16(7-5-15)27-12-17-23-18(28-24-17)14-2-3-14/h4-7,9,11,13-14H,1-3,8,10,12H2,(H2,21,22,26). The zero-order valence-corrected chi connectivity index (χ0v) is 15.4. The Bertz CT molecular complexity index is 887. The van der Waals surface area contributed by atoms with Crippen LogP contribution in [0.3, 0.4) is 0 Å². The van der Waals surface area contributed by atoms with Gasteiger partial charge in [-0.05, 0) is 43.5 Å². The van der Waals surface area contributed by atoms with Crippen molar-refractivity contribution in [1.29, 1.82) is 0 Å². The van der Waals surface area contributed by atoms with Gasteiger partial charge in [-0.1, -0.05) is 5.16 Å². The largest absolute Gasteiger partial charge is 0.485 e. The highest BCUT2D eigenvalue weighted by Gasteiger charge is 2.29. The summed E-state index contributed by atoms with van der Waals surface area (Å²) in [5, 5.41) is 9.54. The van der Waals surface area contributed by atoms with Gasteiger partial charge in [0.1, 0.15) is 5.75 Å². The number of carbonyl (C=O) groups excluding carboxylic acids is 1. The molecule has 2 aromatic heterocycles. The van der Waals surface area contributed by atoms with Gasteiger partial charge in [0.05, 0.1) is 6.33 Å². The van der Waals surface area contributed by atoms with Crippen LogP contribution in [0.2, 0.25) is 0 Å². The highest BCUT2D eigenvalue weighted by Crippen LogP contribution is 2.38. The Kier molecular flexibility index (Phi) is 5.51. The number of carbonyl (C=O) groups is 1. The van der Waals surface area contributed by atoms with E-state index in [-0.39, 0.29) is 12.6 Å². The van der Waals surface area contributed by atoms with Crippen LogP contribution in [0.4, 0.5) is 10.5 Å². The molecular weight excluding hydrogens is 360 g/mol. The maximum atomic E-state index is 11.9. The lowest BCUT2D eigenvalue weighted by Crippen LogP contribution is -2.29. The molecule has 28 heavy (non-hydrogen) atoms. The molecule has 2 heterocycles. The lowest BCUT2D eigenvalue weighted by Gasteiger charge is -2.09. The monoisotopic (exact) mass is 382 g/mol. The van der Waals surface area contributed by atoms with Crippen LogP contribution >= 0.6 is 0 Å². The number of anilines is 1. The fourth-order valence-corrected chi connectivity index (χ4v) is 2.66. The molecule has 1 aliphatic rings. The van der Waals surface area contributed by atoms with Crippen LogP contribution < -0.4 is 15.4 Å². The van der Waals surface area contributed by atoms with Crippen LogP contribution in [0.5, 0.6) is 5.75 Å². The molecule has 1 aliphatic carbocycles. The van der Waals surface area contributed by atoms with Gasteiger partial charge >= 0.3 is 6.03 Å². The fraction of sp³-hybridized carbons (Fsp3) is 0.368. The highest BCUT2D eigenvalue weighted by molar-refractivity contribution is 5.89. The lowest BCUT2D eigenvalue weighted by molar-refractivity contribution is 0.252. The van der Waals surface area contributed by atoms with E-state index in [4.69, 9.17) is 9.26 Å². The number of amides is 2. The van der Waals surface area contributed by atoms with Gasteiger partial charge in [0.2, 0.25) is 11.7 Å². The van der Waals surface area contributed by atoms with E-state index in [1.54, 1.807) is 36.8 Å². The number of imidazole rings is 1. The number of ether oxygens (including phenoxy) is 1. The van der Waals surface area contributed by atoms with Crippen molar-refractivity contribution in [1.82, 2.24) is 25.0 Å². The van der Waals surface area contributed by atoms with Crippen molar-refractivity contribution in [3.05, 3.63) is 54.7 Å². The minimum absolute atomic E-state index is 0.237. The van der Waals surface area contributed by atoms with Gasteiger partial charge < -0.3 is 24.5 Å². The summed E-state index contributed by atoms with van der Waals surface area (Å²) in [6, 6.07) is 6.91. The average molecular weight is 382 g/mol. The van der Waals surface area contributed by atoms with Crippen LogP contribution in [-0.4, -0.2) is 32.3 Å². The molecule has 0 radical (unpaired) electrons. The van der Waals surface area contributed by atoms with Gasteiger partial charge in [-0.3, -0.25) is 0 Å². The number of hydrogen-bond acceptors (Lipinski definition) is 6. The molecule has 0 spiro atoms. The Hall–Kier alpha value is -3.36. The molecule has 0 saturated heterocycles. The predicted molar refractivity (Wildman–Crippen MR) is 101 cm³/mol. The van der Waals surface area contributed by atoms with Crippen molar-refractivity contribution < 1.29 is 14.1 Å². The normalized spacial score (nSPS) is 13.3. The van der Waals surface area contributed by atoms with E-state index < -0.39 is 0 Å². The smallest absolute Gasteiger partial charge is 0.319 e. The molecule has 2 amide bonds. The van der Waals surface area contributed by atoms with Crippen molar-refractivity contribution in [2.24, 2.45) is 0 Å². The van der Waals surface area contributed by atoms with Crippen LogP contribution in [0, 0.1) is 0 Å². The number of nitrogens with zero attached hydrogens (tertiary/aromatic N) is 4. The third kappa shape index (κ3) is 5.09. The first kappa shape index (κ1) is 18.0. The van der Waals surface area contributed by atoms with Crippen LogP contribution in [-0.2, 0) is 13.2 Å². The van der Waals surface area contributed by atoms with E-state index >= 15 is 0 Å². The topological polar surface area (TPSA) is 107 Å². The molecule has 9 nitrogen and oxygen atoms in total. The number of nitrogens with one attached hydrogen (secondary N) is 2. The summed E-state index contributed by atoms with van der Waals surface area (Å²) < 4.78 is 12.8. The van der Waals surface area contributed by atoms with Crippen molar-refractivity contribution in [2.45, 2.75) is 38.3 Å². The van der Waals surface area contributed by atoms with Crippen molar-refractivity contribution in [3.63, 3.8) is 0 Å². The van der Waals surface area contributed by atoms with Gasteiger partial charge in [0, 0.05) is 37.1 Å². The first-order valence-electron chi connectivity index (χ1n) is 9.32. The third-order valence-corrected chi connectivity index (χ3v) is 4.33. The van der Waals surface area contributed by atoms with Gasteiger partial charge in [0.25, 0.3) is 0 Å². The zero-order chi connectivity index (χ0) is 19.2. The van der Waals surface area contributed by atoms with Crippen molar-refractivity contribution >= 4 is 11.7 Å². The second-order valence-corrected chi connectivity index (χ2v) is 6.67. The zero-order valence-electron chi connectivity index (χ0n) is 15.4. The quantitative estimate of drug-likeness (QED) is 0.551. The first-order valence-corrected chi connectivity index (χ1v) is 9.32. The molecule has 4 rings (SSSR count). The summed E-state index contributed by atoms with van der Waals surface area (Å²) in [4.78, 5) is 20.2. The molecule has 9 heteroatoms. The van der Waals surface area contributed by atoms with Crippen molar-refractivity contribution in [3.8, 4) is 5.75 Å². The molecule has 2 N–H and O–H groups in total. The van der Waals surface area contributed by atoms with Crippen molar-refractivity contribution in [2.75, 3.05) is 11.9 Å². The molecule has 146 valence electrons. The summed E-state index contributed by atoms with van der Waals surface area (Å²) in [5.41, 5.74) is 0.690. The second-order valence-electron chi connectivity index (χ2n) is 6.67. The maximum absolute atomic E-state index is 11.9. The van der Waals surface area contributed by atoms with E-state index in [0.29, 0.717) is 35.6 Å². The summed E-state index contributed by atoms with van der Waals surface area (Å²) in [7, 11) is 0. The third-order valence-electron chi connectivity index (χ3n) is 4.33. The Morgan fingerprint density at radius 1 is 1.29 bits per heavy atom. The van der Waals surface area contributed by atoms with Crippen LogP contribution in [0.25, 0.3) is 0 Å². The summed E-state index contributed by atoms with van der Waals surface area (Å²) in [5.74, 6) is 2.35. The van der Waals surface area contributed by atoms with Gasteiger partial charge in [-0.15, -0.1) is 0 Å². The van der Waals surface area contributed by atoms with E-state index in [9.17, 15) is 4.79 Å². The van der Waals surface area contributed by atoms with E-state index in [1.807, 2.05) is 10.8 Å². The minimum Gasteiger partial charge on any atom is -0.485 e. The highest BCUT2D eigenvalue weighted by atomic mass is 16.5. The summed E-state index contributed by atoms with van der Waals surface area (Å²) in [6.45, 7) is 1.65. The number of aryl methyl sites for hydroxylation is 1. The Morgan fingerprint density at radius 3 is 2.89 bits per heavy atom. The molecular formula is C19H22N6O3. The van der Waals surface area contributed by atoms with Gasteiger partial charge in [-0.25, -0.2) is 9.78 Å². The number of hydrogen-bond donors (Lipinski definition) is 2. The second kappa shape index (κ2) is 8.55. The van der Waals surface area contributed by atoms with Gasteiger partial charge in [-0.2, -0.15) is 4.98 Å². The molecule has 1 aromatic carbocycles. The van der Waals surface area contributed by atoms with Crippen LogP contribution in [0.1, 0.15) is 36.9 Å². The fourth-order valence-electron chi connectivity index (χ4n) is 2.66. The predicted octanol–water partition coefficient (Wildman–Crippen LogP) is 2.93. The Balaban J connectivity index is 1.16. The SMILES string of the molecule is O=C(NCCCn1ccnc1)Nc1ccc(OCc2noc(C3CC3)n2)cc1. The summed E-state index contributed by atoms with van der Waals surface area (Å²) >= 11 is 0. The minimum atomic E-state index is -0.237. The van der Waals surface area contributed by atoms with E-state index in [0.717, 1.165) is 25.8 Å². The molecule has 0 bridgehead atoms. The maximum Gasteiger partial charge on any atom is 0.319 e. The molecule has 1 saturated carbocycles. The average Bonchev–Trinajstić information content (AvgIpc) is 3.22. The molecule has 3 aromatic rings. The Labute approximate surface area is 162 Å². The van der Waals surface area contributed by atoms with E-state index in [1.165, 1.54) is 0 Å². The molecule has 1 fully saturated rings. The first-order chi connectivity index (χ1) is 13.8. The number of rotatable bonds is 9. The van der Waals surface area contributed by atoms with Gasteiger partial charge in [0.15, 0.2) is 6.61 Å². The lowest BCUT2D eigenvalue weighted by atomic mass is 10.3. The number of benzene rings is 1. The summed E-state index contributed by atoms with van der Waals surface area (Å²) in [6.07, 6.45) is 8.46. The number of urea groups is 1.